The van der Waals surface area contributed by atoms with Gasteiger partial charge in [-0.1, -0.05) is 13.8 Å². The fourth-order valence-electron chi connectivity index (χ4n) is 1.93. The van der Waals surface area contributed by atoms with E-state index >= 15 is 0 Å². The number of rotatable bonds is 6. The minimum atomic E-state index is -1.08. The number of benzene rings is 1. The van der Waals surface area contributed by atoms with Crippen molar-refractivity contribution in [3.05, 3.63) is 29.6 Å². The number of carboxylic acid groups (broad SMARTS) is 1. The van der Waals surface area contributed by atoms with E-state index in [0.29, 0.717) is 18.0 Å². The summed E-state index contributed by atoms with van der Waals surface area (Å²) in [5.41, 5.74) is 0.190. The molecular formula is C15H22FNO2. The molecule has 1 rings (SSSR count). The molecule has 0 aromatic heterocycles. The van der Waals surface area contributed by atoms with E-state index < -0.39 is 11.5 Å². The molecule has 0 saturated carbocycles. The Kier molecular flexibility index (Phi) is 4.92. The number of aliphatic carboxylic acids is 1. The first-order chi connectivity index (χ1) is 8.73. The zero-order valence-electron chi connectivity index (χ0n) is 12.0. The second-order valence-corrected chi connectivity index (χ2v) is 5.71. The van der Waals surface area contributed by atoms with E-state index in [4.69, 9.17) is 0 Å². The molecule has 0 aliphatic heterocycles. The standard InChI is InChI=1S/C15H22FNO2/c1-10(2)5-6-15(4,14(18)19)17-13-8-11(3)7-12(16)9-13/h7-10,17H,5-6H2,1-4H3,(H,18,19). The molecule has 0 bridgehead atoms. The minimum Gasteiger partial charge on any atom is -0.480 e. The Morgan fingerprint density at radius 1 is 1.42 bits per heavy atom. The fraction of sp³-hybridized carbons (Fsp3) is 0.533. The average Bonchev–Trinajstić information content (AvgIpc) is 2.24. The topological polar surface area (TPSA) is 49.3 Å². The number of halogens is 1. The Labute approximate surface area is 113 Å². The molecular weight excluding hydrogens is 245 g/mol. The van der Waals surface area contributed by atoms with Crippen molar-refractivity contribution in [2.75, 3.05) is 5.32 Å². The second kappa shape index (κ2) is 6.04. The molecule has 1 aromatic rings. The van der Waals surface area contributed by atoms with E-state index in [1.165, 1.54) is 12.1 Å². The fourth-order valence-corrected chi connectivity index (χ4v) is 1.93. The van der Waals surface area contributed by atoms with Crippen LogP contribution in [-0.4, -0.2) is 16.6 Å². The minimum absolute atomic E-state index is 0.362. The van der Waals surface area contributed by atoms with Gasteiger partial charge in [-0.3, -0.25) is 0 Å². The molecule has 0 amide bonds. The number of nitrogens with one attached hydrogen (secondary N) is 1. The highest BCUT2D eigenvalue weighted by Crippen LogP contribution is 2.24. The van der Waals surface area contributed by atoms with E-state index in [1.54, 1.807) is 19.9 Å². The van der Waals surface area contributed by atoms with E-state index in [2.05, 4.69) is 19.2 Å². The highest BCUT2D eigenvalue weighted by molar-refractivity contribution is 5.82. The molecule has 19 heavy (non-hydrogen) atoms. The van der Waals surface area contributed by atoms with Gasteiger partial charge in [0, 0.05) is 5.69 Å². The van der Waals surface area contributed by atoms with Crippen LogP contribution < -0.4 is 5.32 Å². The maximum Gasteiger partial charge on any atom is 0.329 e. The predicted molar refractivity (Wildman–Crippen MR) is 74.9 cm³/mol. The molecule has 1 atom stereocenters. The molecule has 4 heteroatoms. The number of hydrogen-bond acceptors (Lipinski definition) is 2. The van der Waals surface area contributed by atoms with Crippen LogP contribution in [0.3, 0.4) is 0 Å². The van der Waals surface area contributed by atoms with Gasteiger partial charge in [0.25, 0.3) is 0 Å². The summed E-state index contributed by atoms with van der Waals surface area (Å²) in [6.07, 6.45) is 1.29. The average molecular weight is 267 g/mol. The molecule has 0 spiro atoms. The molecule has 2 N–H and O–H groups in total. The van der Waals surface area contributed by atoms with E-state index in [9.17, 15) is 14.3 Å². The molecule has 1 unspecified atom stereocenters. The monoisotopic (exact) mass is 267 g/mol. The van der Waals surface area contributed by atoms with Gasteiger partial charge in [-0.15, -0.1) is 0 Å². The number of aryl methyl sites for hydroxylation is 1. The summed E-state index contributed by atoms with van der Waals surface area (Å²) in [7, 11) is 0. The van der Waals surface area contributed by atoms with Crippen molar-refractivity contribution in [3.63, 3.8) is 0 Å². The maximum absolute atomic E-state index is 13.3. The van der Waals surface area contributed by atoms with Crippen molar-refractivity contribution in [2.24, 2.45) is 5.92 Å². The molecule has 0 heterocycles. The second-order valence-electron chi connectivity index (χ2n) is 5.71. The number of anilines is 1. The molecule has 3 nitrogen and oxygen atoms in total. The van der Waals surface area contributed by atoms with Crippen molar-refractivity contribution >= 4 is 11.7 Å². The Morgan fingerprint density at radius 2 is 2.05 bits per heavy atom. The molecule has 0 fully saturated rings. The first-order valence-electron chi connectivity index (χ1n) is 6.52. The lowest BCUT2D eigenvalue weighted by Gasteiger charge is -2.28. The highest BCUT2D eigenvalue weighted by Gasteiger charge is 2.32. The number of carbonyl (C=O) groups is 1. The maximum atomic E-state index is 13.3. The number of hydrogen-bond donors (Lipinski definition) is 2. The Balaban J connectivity index is 2.91. The Hall–Kier alpha value is -1.58. The van der Waals surface area contributed by atoms with Gasteiger partial charge in [0.2, 0.25) is 0 Å². The zero-order chi connectivity index (χ0) is 14.6. The van der Waals surface area contributed by atoms with Crippen molar-refractivity contribution < 1.29 is 14.3 Å². The van der Waals surface area contributed by atoms with Gasteiger partial charge < -0.3 is 10.4 Å². The summed E-state index contributed by atoms with van der Waals surface area (Å²) < 4.78 is 13.3. The van der Waals surface area contributed by atoms with E-state index in [1.807, 2.05) is 0 Å². The van der Waals surface area contributed by atoms with Crippen molar-refractivity contribution in [1.82, 2.24) is 0 Å². The first-order valence-corrected chi connectivity index (χ1v) is 6.52. The SMILES string of the molecule is Cc1cc(F)cc(NC(C)(CCC(C)C)C(=O)O)c1. The summed E-state index contributed by atoms with van der Waals surface area (Å²) in [5, 5.41) is 12.3. The van der Waals surface area contributed by atoms with Gasteiger partial charge in [0.1, 0.15) is 11.4 Å². The lowest BCUT2D eigenvalue weighted by atomic mass is 9.91. The van der Waals surface area contributed by atoms with Crippen molar-refractivity contribution in [2.45, 2.75) is 46.1 Å². The number of carboxylic acids is 1. The smallest absolute Gasteiger partial charge is 0.329 e. The van der Waals surface area contributed by atoms with Gasteiger partial charge in [-0.2, -0.15) is 0 Å². The summed E-state index contributed by atoms with van der Waals surface area (Å²) in [5.74, 6) is -0.858. The van der Waals surface area contributed by atoms with Crippen LogP contribution in [0, 0.1) is 18.7 Å². The van der Waals surface area contributed by atoms with Crippen LogP contribution in [0.5, 0.6) is 0 Å². The van der Waals surface area contributed by atoms with Crippen LogP contribution in [0.15, 0.2) is 18.2 Å². The van der Waals surface area contributed by atoms with Crippen LogP contribution in [0.25, 0.3) is 0 Å². The van der Waals surface area contributed by atoms with Crippen molar-refractivity contribution in [3.8, 4) is 0 Å². The van der Waals surface area contributed by atoms with Gasteiger partial charge in [-0.25, -0.2) is 9.18 Å². The Bertz CT molecular complexity index is 439. The van der Waals surface area contributed by atoms with Crippen LogP contribution >= 0.6 is 0 Å². The molecule has 0 aliphatic rings. The van der Waals surface area contributed by atoms with Crippen molar-refractivity contribution in [1.29, 1.82) is 0 Å². The van der Waals surface area contributed by atoms with Gasteiger partial charge in [0.15, 0.2) is 0 Å². The summed E-state index contributed by atoms with van der Waals surface area (Å²) in [6, 6.07) is 4.49. The molecule has 0 aliphatic carbocycles. The van der Waals surface area contributed by atoms with Crippen LogP contribution in [0.2, 0.25) is 0 Å². The summed E-state index contributed by atoms with van der Waals surface area (Å²) in [6.45, 7) is 7.52. The highest BCUT2D eigenvalue weighted by atomic mass is 19.1. The third-order valence-electron chi connectivity index (χ3n) is 3.16. The third kappa shape index (κ3) is 4.54. The van der Waals surface area contributed by atoms with Crippen LogP contribution in [-0.2, 0) is 4.79 Å². The third-order valence-corrected chi connectivity index (χ3v) is 3.16. The van der Waals surface area contributed by atoms with Crippen LogP contribution in [0.4, 0.5) is 10.1 Å². The molecule has 0 radical (unpaired) electrons. The lowest BCUT2D eigenvalue weighted by molar-refractivity contribution is -0.142. The van der Waals surface area contributed by atoms with Gasteiger partial charge in [-0.05, 0) is 56.4 Å². The summed E-state index contributed by atoms with van der Waals surface area (Å²) >= 11 is 0. The quantitative estimate of drug-likeness (QED) is 0.823. The largest absolute Gasteiger partial charge is 0.480 e. The van der Waals surface area contributed by atoms with Gasteiger partial charge >= 0.3 is 5.97 Å². The zero-order valence-corrected chi connectivity index (χ0v) is 12.0. The predicted octanol–water partition coefficient (Wildman–Crippen LogP) is 3.83. The molecule has 1 aromatic carbocycles. The summed E-state index contributed by atoms with van der Waals surface area (Å²) in [4.78, 5) is 11.5. The van der Waals surface area contributed by atoms with Gasteiger partial charge in [0.05, 0.1) is 0 Å². The molecule has 0 saturated heterocycles. The molecule has 106 valence electrons. The Morgan fingerprint density at radius 3 is 2.53 bits per heavy atom. The van der Waals surface area contributed by atoms with Crippen LogP contribution in [0.1, 0.15) is 39.2 Å². The first kappa shape index (κ1) is 15.5. The van der Waals surface area contributed by atoms with E-state index in [0.717, 1.165) is 12.0 Å². The lowest BCUT2D eigenvalue weighted by Crippen LogP contribution is -2.43. The van der Waals surface area contributed by atoms with E-state index in [-0.39, 0.29) is 5.82 Å². The normalized spacial score (nSPS) is 14.2.